The molecule has 104 valence electrons. The van der Waals surface area contributed by atoms with Crippen LogP contribution in [0.15, 0.2) is 0 Å². The van der Waals surface area contributed by atoms with E-state index in [-0.39, 0.29) is 12.5 Å². The lowest BCUT2D eigenvalue weighted by Crippen LogP contribution is -2.36. The van der Waals surface area contributed by atoms with E-state index in [4.69, 9.17) is 9.84 Å². The highest BCUT2D eigenvalue weighted by Gasteiger charge is 2.26. The molecule has 0 aromatic carbocycles. The maximum absolute atomic E-state index is 11.7. The predicted molar refractivity (Wildman–Crippen MR) is 71.5 cm³/mol. The summed E-state index contributed by atoms with van der Waals surface area (Å²) in [5.41, 5.74) is 2.11. The van der Waals surface area contributed by atoms with Gasteiger partial charge in [0.2, 0.25) is 0 Å². The number of aliphatic carboxylic acids is 1. The lowest BCUT2D eigenvalue weighted by atomic mass is 10.0. The van der Waals surface area contributed by atoms with Crippen molar-refractivity contribution in [2.75, 3.05) is 13.2 Å². The molecule has 2 heterocycles. The maximum Gasteiger partial charge on any atom is 0.410 e. The van der Waals surface area contributed by atoms with Crippen molar-refractivity contribution in [3.8, 4) is 0 Å². The van der Waals surface area contributed by atoms with E-state index in [0.29, 0.717) is 19.7 Å². The van der Waals surface area contributed by atoms with Crippen molar-refractivity contribution in [2.45, 2.75) is 33.2 Å². The molecule has 0 saturated heterocycles. The average Bonchev–Trinajstić information content (AvgIpc) is 2.65. The number of carbonyl (C=O) groups is 2. The van der Waals surface area contributed by atoms with E-state index in [1.807, 2.05) is 6.92 Å². The molecule has 0 bridgehead atoms. The number of fused-ring (bicyclic) bond motifs is 1. The largest absolute Gasteiger partial charge is 0.481 e. The molecule has 0 fully saturated rings. The van der Waals surface area contributed by atoms with Gasteiger partial charge in [-0.25, -0.2) is 4.79 Å². The van der Waals surface area contributed by atoms with Crippen LogP contribution in [-0.4, -0.2) is 35.2 Å². The first kappa shape index (κ1) is 13.9. The summed E-state index contributed by atoms with van der Waals surface area (Å²) in [7, 11) is 0. The number of amides is 1. The predicted octanol–water partition coefficient (Wildman–Crippen LogP) is 2.20. The standard InChI is InChI=1S/C13H17NO4S/c1-3-18-13(17)14-5-4-10-9(7-14)8(2)11(19-10)6-12(15)16/h3-7H2,1-2H3,(H,15,16). The van der Waals surface area contributed by atoms with Crippen molar-refractivity contribution in [2.24, 2.45) is 0 Å². The molecule has 1 aliphatic heterocycles. The molecule has 0 unspecified atom stereocenters. The second-order valence-electron chi connectivity index (χ2n) is 4.49. The van der Waals surface area contributed by atoms with Crippen molar-refractivity contribution in [3.63, 3.8) is 0 Å². The van der Waals surface area contributed by atoms with Gasteiger partial charge in [0.25, 0.3) is 0 Å². The summed E-state index contributed by atoms with van der Waals surface area (Å²) < 4.78 is 5.00. The highest BCUT2D eigenvalue weighted by molar-refractivity contribution is 7.12. The first-order valence-electron chi connectivity index (χ1n) is 6.26. The number of carbonyl (C=O) groups excluding carboxylic acids is 1. The van der Waals surface area contributed by atoms with Crippen LogP contribution in [-0.2, 0) is 28.9 Å². The Labute approximate surface area is 115 Å². The third-order valence-electron chi connectivity index (χ3n) is 3.25. The molecule has 1 aromatic heterocycles. The Balaban J connectivity index is 2.18. The quantitative estimate of drug-likeness (QED) is 0.923. The number of rotatable bonds is 3. The summed E-state index contributed by atoms with van der Waals surface area (Å²) in [4.78, 5) is 26.3. The van der Waals surface area contributed by atoms with E-state index < -0.39 is 5.97 Å². The number of nitrogens with zero attached hydrogens (tertiary/aromatic N) is 1. The zero-order chi connectivity index (χ0) is 14.0. The van der Waals surface area contributed by atoms with Gasteiger partial charge < -0.3 is 14.7 Å². The number of ether oxygens (including phenoxy) is 1. The van der Waals surface area contributed by atoms with Crippen LogP contribution in [0.2, 0.25) is 0 Å². The normalized spacial score (nSPS) is 14.1. The Morgan fingerprint density at radius 1 is 1.47 bits per heavy atom. The molecule has 1 N–H and O–H groups in total. The highest BCUT2D eigenvalue weighted by Crippen LogP contribution is 2.33. The van der Waals surface area contributed by atoms with Crippen LogP contribution in [0.3, 0.4) is 0 Å². The topological polar surface area (TPSA) is 66.8 Å². The zero-order valence-corrected chi connectivity index (χ0v) is 11.9. The van der Waals surface area contributed by atoms with Gasteiger partial charge in [0.15, 0.2) is 0 Å². The molecule has 0 aliphatic carbocycles. The number of hydrogen-bond acceptors (Lipinski definition) is 4. The smallest absolute Gasteiger partial charge is 0.410 e. The molecular formula is C13H17NO4S. The Morgan fingerprint density at radius 2 is 2.21 bits per heavy atom. The molecule has 1 aromatic rings. The van der Waals surface area contributed by atoms with Crippen molar-refractivity contribution < 1.29 is 19.4 Å². The third kappa shape index (κ3) is 2.89. The second kappa shape index (κ2) is 5.61. The fourth-order valence-electron chi connectivity index (χ4n) is 2.26. The summed E-state index contributed by atoms with van der Waals surface area (Å²) in [6.07, 6.45) is 0.542. The molecule has 0 atom stereocenters. The third-order valence-corrected chi connectivity index (χ3v) is 4.64. The van der Waals surface area contributed by atoms with Crippen LogP contribution in [0.25, 0.3) is 0 Å². The van der Waals surface area contributed by atoms with Crippen LogP contribution in [0.5, 0.6) is 0 Å². The average molecular weight is 283 g/mol. The first-order chi connectivity index (χ1) is 9.02. The molecule has 0 saturated carbocycles. The van der Waals surface area contributed by atoms with Gasteiger partial charge in [-0.05, 0) is 31.4 Å². The van der Waals surface area contributed by atoms with Crippen molar-refractivity contribution in [3.05, 3.63) is 20.9 Å². The Kier molecular flexibility index (Phi) is 4.09. The molecule has 0 spiro atoms. The number of hydrogen-bond donors (Lipinski definition) is 1. The van der Waals surface area contributed by atoms with E-state index in [9.17, 15) is 9.59 Å². The molecule has 2 rings (SSSR count). The van der Waals surface area contributed by atoms with Gasteiger partial charge in [0.1, 0.15) is 0 Å². The van der Waals surface area contributed by atoms with Gasteiger partial charge in [-0.15, -0.1) is 11.3 Å². The van der Waals surface area contributed by atoms with Crippen LogP contribution in [0.1, 0.15) is 27.8 Å². The fraction of sp³-hybridized carbons (Fsp3) is 0.538. The fourth-order valence-corrected chi connectivity index (χ4v) is 3.56. The minimum atomic E-state index is -0.816. The Bertz CT molecular complexity index is 509. The van der Waals surface area contributed by atoms with E-state index in [1.54, 1.807) is 23.2 Å². The highest BCUT2D eigenvalue weighted by atomic mass is 32.1. The zero-order valence-electron chi connectivity index (χ0n) is 11.1. The van der Waals surface area contributed by atoms with E-state index in [0.717, 1.165) is 22.4 Å². The maximum atomic E-state index is 11.7. The van der Waals surface area contributed by atoms with Gasteiger partial charge in [-0.2, -0.15) is 0 Å². The summed E-state index contributed by atoms with van der Waals surface area (Å²) in [5, 5.41) is 8.88. The first-order valence-corrected chi connectivity index (χ1v) is 7.08. The van der Waals surface area contributed by atoms with Crippen LogP contribution in [0, 0.1) is 6.92 Å². The van der Waals surface area contributed by atoms with Gasteiger partial charge in [-0.1, -0.05) is 0 Å². The summed E-state index contributed by atoms with van der Waals surface area (Å²) in [6.45, 7) is 5.25. The monoisotopic (exact) mass is 283 g/mol. The van der Waals surface area contributed by atoms with Crippen LogP contribution >= 0.6 is 11.3 Å². The molecule has 5 nitrogen and oxygen atoms in total. The van der Waals surface area contributed by atoms with Gasteiger partial charge in [0, 0.05) is 16.3 Å². The van der Waals surface area contributed by atoms with E-state index >= 15 is 0 Å². The summed E-state index contributed by atoms with van der Waals surface area (Å²) in [5.74, 6) is -0.816. The lowest BCUT2D eigenvalue weighted by molar-refractivity contribution is -0.136. The number of carboxylic acids is 1. The number of carboxylic acid groups (broad SMARTS) is 1. The SMILES string of the molecule is CCOC(=O)N1CCc2sc(CC(=O)O)c(C)c2C1. The van der Waals surface area contributed by atoms with Gasteiger partial charge in [-0.3, -0.25) is 4.79 Å². The Hall–Kier alpha value is -1.56. The minimum Gasteiger partial charge on any atom is -0.481 e. The molecule has 19 heavy (non-hydrogen) atoms. The molecule has 0 radical (unpaired) electrons. The van der Waals surface area contributed by atoms with Crippen LogP contribution in [0.4, 0.5) is 4.79 Å². The number of thiophene rings is 1. The second-order valence-corrected chi connectivity index (χ2v) is 5.68. The minimum absolute atomic E-state index is 0.0584. The van der Waals surface area contributed by atoms with Crippen LogP contribution < -0.4 is 0 Å². The molecule has 1 aliphatic rings. The van der Waals surface area contributed by atoms with E-state index in [1.165, 1.54) is 4.88 Å². The van der Waals surface area contributed by atoms with Crippen molar-refractivity contribution in [1.29, 1.82) is 0 Å². The van der Waals surface area contributed by atoms with Gasteiger partial charge in [0.05, 0.1) is 19.6 Å². The molecule has 6 heteroatoms. The van der Waals surface area contributed by atoms with Crippen molar-refractivity contribution in [1.82, 2.24) is 4.90 Å². The Morgan fingerprint density at radius 3 is 2.84 bits per heavy atom. The summed E-state index contributed by atoms with van der Waals surface area (Å²) in [6, 6.07) is 0. The summed E-state index contributed by atoms with van der Waals surface area (Å²) >= 11 is 1.56. The van der Waals surface area contributed by atoms with Gasteiger partial charge >= 0.3 is 12.1 Å². The molecular weight excluding hydrogens is 266 g/mol. The molecule has 1 amide bonds. The lowest BCUT2D eigenvalue weighted by Gasteiger charge is -2.26. The van der Waals surface area contributed by atoms with Crippen molar-refractivity contribution >= 4 is 23.4 Å². The van der Waals surface area contributed by atoms with E-state index in [2.05, 4.69) is 0 Å².